The molecule has 1 aliphatic carbocycles. The van der Waals surface area contributed by atoms with Crippen LogP contribution in [-0.4, -0.2) is 53.8 Å². The summed E-state index contributed by atoms with van der Waals surface area (Å²) in [6, 6.07) is -0.320. The molecule has 1 saturated heterocycles. The van der Waals surface area contributed by atoms with Gasteiger partial charge in [-0.1, -0.05) is 19.1 Å². The predicted molar refractivity (Wildman–Crippen MR) is 68.8 cm³/mol. The summed E-state index contributed by atoms with van der Waals surface area (Å²) in [6.07, 6.45) is 4.82. The molecular formula is C13H20N2O4. The molecule has 0 radical (unpaired) electrons. The number of rotatable bonds is 3. The van der Waals surface area contributed by atoms with E-state index in [1.54, 1.807) is 17.1 Å². The Balaban J connectivity index is 1.82. The Morgan fingerprint density at radius 1 is 1.47 bits per heavy atom. The van der Waals surface area contributed by atoms with E-state index in [-0.39, 0.29) is 18.2 Å². The van der Waals surface area contributed by atoms with Crippen LogP contribution in [-0.2, 0) is 9.53 Å². The standard InChI is InChI=1S/C13H20N2O4/c1-2-11-8-15(5-6-19-11)13(18)14-10-4-3-9(7-10)12(16)17/h3-4,9-11H,2,5-8H2,1H3,(H,14,18)(H,16,17). The second-order valence-corrected chi connectivity index (χ2v) is 4.97. The van der Waals surface area contributed by atoms with Crippen molar-refractivity contribution in [3.63, 3.8) is 0 Å². The topological polar surface area (TPSA) is 78.9 Å². The summed E-state index contributed by atoms with van der Waals surface area (Å²) in [5, 5.41) is 11.7. The highest BCUT2D eigenvalue weighted by molar-refractivity contribution is 5.76. The van der Waals surface area contributed by atoms with Gasteiger partial charge in [-0.05, 0) is 12.8 Å². The van der Waals surface area contributed by atoms with E-state index < -0.39 is 11.9 Å². The summed E-state index contributed by atoms with van der Waals surface area (Å²) < 4.78 is 5.51. The minimum absolute atomic E-state index is 0.102. The number of carbonyl (C=O) groups is 2. The molecule has 6 heteroatoms. The summed E-state index contributed by atoms with van der Waals surface area (Å²) in [5.41, 5.74) is 0. The van der Waals surface area contributed by atoms with Gasteiger partial charge in [-0.15, -0.1) is 0 Å². The second-order valence-electron chi connectivity index (χ2n) is 4.97. The Labute approximate surface area is 112 Å². The first kappa shape index (κ1) is 13.9. The first-order valence-corrected chi connectivity index (χ1v) is 6.68. The number of hydrogen-bond donors (Lipinski definition) is 2. The number of aliphatic carboxylic acids is 1. The van der Waals surface area contributed by atoms with E-state index in [9.17, 15) is 9.59 Å². The lowest BCUT2D eigenvalue weighted by molar-refractivity contribution is -0.140. The number of urea groups is 1. The van der Waals surface area contributed by atoms with Gasteiger partial charge in [0.15, 0.2) is 0 Å². The smallest absolute Gasteiger partial charge is 0.318 e. The lowest BCUT2D eigenvalue weighted by Gasteiger charge is -2.33. The average molecular weight is 268 g/mol. The highest BCUT2D eigenvalue weighted by Gasteiger charge is 2.28. The Bertz CT molecular complexity index is 383. The molecule has 1 aliphatic heterocycles. The highest BCUT2D eigenvalue weighted by atomic mass is 16.5. The van der Waals surface area contributed by atoms with Gasteiger partial charge >= 0.3 is 12.0 Å². The van der Waals surface area contributed by atoms with E-state index in [0.717, 1.165) is 6.42 Å². The van der Waals surface area contributed by atoms with Crippen molar-refractivity contribution in [1.82, 2.24) is 10.2 Å². The minimum Gasteiger partial charge on any atom is -0.481 e. The molecule has 2 N–H and O–H groups in total. The zero-order chi connectivity index (χ0) is 13.8. The van der Waals surface area contributed by atoms with Crippen LogP contribution in [0, 0.1) is 5.92 Å². The Morgan fingerprint density at radius 3 is 2.89 bits per heavy atom. The van der Waals surface area contributed by atoms with Gasteiger partial charge in [0.1, 0.15) is 0 Å². The summed E-state index contributed by atoms with van der Waals surface area (Å²) in [5.74, 6) is -1.33. The summed E-state index contributed by atoms with van der Waals surface area (Å²) in [4.78, 5) is 24.6. The molecule has 2 rings (SSSR count). The summed E-state index contributed by atoms with van der Waals surface area (Å²) in [6.45, 7) is 3.77. The van der Waals surface area contributed by atoms with Crippen LogP contribution < -0.4 is 5.32 Å². The van der Waals surface area contributed by atoms with Crippen molar-refractivity contribution in [3.05, 3.63) is 12.2 Å². The molecule has 0 aromatic rings. The maximum atomic E-state index is 12.1. The van der Waals surface area contributed by atoms with Gasteiger partial charge in [0.2, 0.25) is 0 Å². The van der Waals surface area contributed by atoms with E-state index in [2.05, 4.69) is 5.32 Å². The Morgan fingerprint density at radius 2 is 2.26 bits per heavy atom. The third-order valence-corrected chi connectivity index (χ3v) is 3.59. The Hall–Kier alpha value is -1.56. The monoisotopic (exact) mass is 268 g/mol. The van der Waals surface area contributed by atoms with Crippen LogP contribution in [0.1, 0.15) is 19.8 Å². The molecular weight excluding hydrogens is 248 g/mol. The van der Waals surface area contributed by atoms with E-state index >= 15 is 0 Å². The zero-order valence-corrected chi connectivity index (χ0v) is 11.0. The molecule has 2 aliphatic rings. The van der Waals surface area contributed by atoms with Gasteiger partial charge in [0, 0.05) is 13.1 Å². The maximum Gasteiger partial charge on any atom is 0.318 e. The SMILES string of the molecule is CCC1CN(C(=O)NC2C=CC(C(=O)O)C2)CCO1. The van der Waals surface area contributed by atoms with E-state index in [0.29, 0.717) is 26.1 Å². The van der Waals surface area contributed by atoms with Gasteiger partial charge in [-0.2, -0.15) is 0 Å². The number of amides is 2. The molecule has 0 saturated carbocycles. The Kier molecular flexibility index (Phi) is 4.42. The molecule has 3 unspecified atom stereocenters. The fraction of sp³-hybridized carbons (Fsp3) is 0.692. The molecule has 0 spiro atoms. The summed E-state index contributed by atoms with van der Waals surface area (Å²) in [7, 11) is 0. The lowest BCUT2D eigenvalue weighted by Crippen LogP contribution is -2.51. The second kappa shape index (κ2) is 6.06. The van der Waals surface area contributed by atoms with Crippen LogP contribution in [0.15, 0.2) is 12.2 Å². The van der Waals surface area contributed by atoms with Crippen LogP contribution in [0.2, 0.25) is 0 Å². The molecule has 0 bridgehead atoms. The fourth-order valence-electron chi connectivity index (χ4n) is 2.39. The first-order valence-electron chi connectivity index (χ1n) is 6.68. The molecule has 106 valence electrons. The normalized spacial score (nSPS) is 30.4. The summed E-state index contributed by atoms with van der Waals surface area (Å²) >= 11 is 0. The van der Waals surface area contributed by atoms with Gasteiger partial charge in [0.05, 0.1) is 24.7 Å². The van der Waals surface area contributed by atoms with Crippen molar-refractivity contribution in [2.75, 3.05) is 19.7 Å². The molecule has 2 amide bonds. The van der Waals surface area contributed by atoms with Crippen LogP contribution in [0.4, 0.5) is 4.79 Å². The number of ether oxygens (including phenoxy) is 1. The number of nitrogens with one attached hydrogen (secondary N) is 1. The number of carboxylic acids is 1. The third-order valence-electron chi connectivity index (χ3n) is 3.59. The van der Waals surface area contributed by atoms with Crippen LogP contribution in [0.3, 0.4) is 0 Å². The predicted octanol–water partition coefficient (Wildman–Crippen LogP) is 0.836. The maximum absolute atomic E-state index is 12.1. The van der Waals surface area contributed by atoms with Crippen molar-refractivity contribution >= 4 is 12.0 Å². The molecule has 1 fully saturated rings. The van der Waals surface area contributed by atoms with Crippen molar-refractivity contribution in [3.8, 4) is 0 Å². The number of carboxylic acid groups (broad SMARTS) is 1. The van der Waals surface area contributed by atoms with Crippen LogP contribution >= 0.6 is 0 Å². The van der Waals surface area contributed by atoms with E-state index in [4.69, 9.17) is 9.84 Å². The fourth-order valence-corrected chi connectivity index (χ4v) is 2.39. The van der Waals surface area contributed by atoms with Gasteiger partial charge in [0.25, 0.3) is 0 Å². The quantitative estimate of drug-likeness (QED) is 0.743. The van der Waals surface area contributed by atoms with Gasteiger partial charge in [-0.25, -0.2) is 4.79 Å². The van der Waals surface area contributed by atoms with Gasteiger partial charge in [-0.3, -0.25) is 4.79 Å². The molecule has 0 aromatic heterocycles. The number of carbonyl (C=O) groups excluding carboxylic acids is 1. The van der Waals surface area contributed by atoms with E-state index in [1.807, 2.05) is 6.92 Å². The lowest BCUT2D eigenvalue weighted by atomic mass is 10.1. The largest absolute Gasteiger partial charge is 0.481 e. The zero-order valence-electron chi connectivity index (χ0n) is 11.0. The van der Waals surface area contributed by atoms with Crippen LogP contribution in [0.25, 0.3) is 0 Å². The molecule has 1 heterocycles. The average Bonchev–Trinajstić information content (AvgIpc) is 2.87. The number of nitrogens with zero attached hydrogens (tertiary/aromatic N) is 1. The number of hydrogen-bond acceptors (Lipinski definition) is 3. The number of morpholine rings is 1. The van der Waals surface area contributed by atoms with Crippen molar-refractivity contribution in [2.45, 2.75) is 31.9 Å². The highest BCUT2D eigenvalue weighted by Crippen LogP contribution is 2.18. The van der Waals surface area contributed by atoms with Crippen LogP contribution in [0.5, 0.6) is 0 Å². The molecule has 19 heavy (non-hydrogen) atoms. The van der Waals surface area contributed by atoms with Crippen molar-refractivity contribution in [2.24, 2.45) is 5.92 Å². The first-order chi connectivity index (χ1) is 9.10. The van der Waals surface area contributed by atoms with Gasteiger partial charge < -0.3 is 20.1 Å². The minimum atomic E-state index is -0.842. The third kappa shape index (κ3) is 3.47. The molecule has 0 aromatic carbocycles. The molecule has 3 atom stereocenters. The van der Waals surface area contributed by atoms with Crippen molar-refractivity contribution < 1.29 is 19.4 Å². The van der Waals surface area contributed by atoms with Crippen molar-refractivity contribution in [1.29, 1.82) is 0 Å². The van der Waals surface area contributed by atoms with E-state index in [1.165, 1.54) is 0 Å². The molecule has 6 nitrogen and oxygen atoms in total.